The van der Waals surface area contributed by atoms with Gasteiger partial charge in [0.15, 0.2) is 0 Å². The van der Waals surface area contributed by atoms with Crippen LogP contribution in [0.3, 0.4) is 0 Å². The Labute approximate surface area is 223 Å². The molecule has 3 N–H and O–H groups in total. The SMILES string of the molecule is CCOC(=O)CCNC(=O)C(c1cccc(O)c1)N(C(=O)C(CCSC)NC(=O)OC(C)(C)C)C(C)C. The molecule has 0 aliphatic heterocycles. The molecule has 0 saturated carbocycles. The molecule has 0 fully saturated rings. The van der Waals surface area contributed by atoms with Gasteiger partial charge in [0.05, 0.1) is 13.0 Å². The van der Waals surface area contributed by atoms with Crippen LogP contribution in [0, 0.1) is 0 Å². The van der Waals surface area contributed by atoms with Crippen molar-refractivity contribution in [3.63, 3.8) is 0 Å². The van der Waals surface area contributed by atoms with E-state index >= 15 is 0 Å². The number of nitrogens with zero attached hydrogens (tertiary/aromatic N) is 1. The first-order chi connectivity index (χ1) is 17.3. The molecule has 0 saturated heterocycles. The molecule has 0 aliphatic carbocycles. The Balaban J connectivity index is 3.34. The number of hydrogen-bond donors (Lipinski definition) is 3. The summed E-state index contributed by atoms with van der Waals surface area (Å²) in [5, 5.41) is 15.5. The minimum atomic E-state index is -1.13. The third-order valence-electron chi connectivity index (χ3n) is 5.06. The minimum absolute atomic E-state index is 0.0131. The summed E-state index contributed by atoms with van der Waals surface area (Å²) in [6.45, 7) is 10.6. The predicted molar refractivity (Wildman–Crippen MR) is 143 cm³/mol. The number of rotatable bonds is 13. The normalized spacial score (nSPS) is 12.9. The number of nitrogens with one attached hydrogen (secondary N) is 2. The van der Waals surface area contributed by atoms with Crippen LogP contribution in [0.4, 0.5) is 4.79 Å². The third kappa shape index (κ3) is 11.3. The van der Waals surface area contributed by atoms with Gasteiger partial charge >= 0.3 is 12.1 Å². The minimum Gasteiger partial charge on any atom is -0.508 e. The van der Waals surface area contributed by atoms with E-state index in [4.69, 9.17) is 9.47 Å². The second-order valence-electron chi connectivity index (χ2n) is 9.66. The van der Waals surface area contributed by atoms with E-state index in [1.807, 2.05) is 6.26 Å². The molecule has 0 bridgehead atoms. The van der Waals surface area contributed by atoms with E-state index < -0.39 is 47.6 Å². The van der Waals surface area contributed by atoms with E-state index in [2.05, 4.69) is 10.6 Å². The fraction of sp³-hybridized carbons (Fsp3) is 0.615. The van der Waals surface area contributed by atoms with Crippen LogP contribution >= 0.6 is 11.8 Å². The number of esters is 1. The van der Waals surface area contributed by atoms with Crippen molar-refractivity contribution in [1.82, 2.24) is 15.5 Å². The summed E-state index contributed by atoms with van der Waals surface area (Å²) in [4.78, 5) is 53.0. The van der Waals surface area contributed by atoms with Gasteiger partial charge in [-0.15, -0.1) is 0 Å². The highest BCUT2D eigenvalue weighted by Crippen LogP contribution is 2.28. The van der Waals surface area contributed by atoms with Crippen LogP contribution < -0.4 is 10.6 Å². The standard InChI is InChI=1S/C26H41N3O7S/c1-8-35-21(31)12-14-27-23(32)22(18-10-9-11-19(30)16-18)29(17(2)3)24(33)20(13-15-37-7)28-25(34)36-26(4,5)6/h9-11,16-17,20,22,30H,8,12-15H2,1-7H3,(H,27,32)(H,28,34). The number of carbonyl (C=O) groups excluding carboxylic acids is 4. The van der Waals surface area contributed by atoms with Crippen molar-refractivity contribution in [2.24, 2.45) is 0 Å². The molecule has 0 aliphatic rings. The topological polar surface area (TPSA) is 134 Å². The number of hydrogen-bond acceptors (Lipinski definition) is 8. The van der Waals surface area contributed by atoms with E-state index in [0.29, 0.717) is 17.7 Å². The van der Waals surface area contributed by atoms with Crippen molar-refractivity contribution in [3.8, 4) is 5.75 Å². The van der Waals surface area contributed by atoms with Gasteiger partial charge in [0, 0.05) is 12.6 Å². The largest absolute Gasteiger partial charge is 0.508 e. The van der Waals surface area contributed by atoms with Crippen LogP contribution in [0.5, 0.6) is 5.75 Å². The zero-order chi connectivity index (χ0) is 28.2. The first kappa shape index (κ1) is 32.1. The van der Waals surface area contributed by atoms with Gasteiger partial charge in [0.25, 0.3) is 0 Å². The number of phenols is 1. The first-order valence-electron chi connectivity index (χ1n) is 12.3. The lowest BCUT2D eigenvalue weighted by atomic mass is 10.00. The lowest BCUT2D eigenvalue weighted by Crippen LogP contribution is -2.55. The number of thioether (sulfide) groups is 1. The molecule has 1 aromatic carbocycles. The number of carbonyl (C=O) groups is 4. The number of aromatic hydroxyl groups is 1. The number of alkyl carbamates (subject to hydrolysis) is 1. The smallest absolute Gasteiger partial charge is 0.408 e. The number of phenolic OH excluding ortho intramolecular Hbond substituents is 1. The summed E-state index contributed by atoms with van der Waals surface area (Å²) < 4.78 is 10.3. The van der Waals surface area contributed by atoms with E-state index in [9.17, 15) is 24.3 Å². The van der Waals surface area contributed by atoms with Gasteiger partial charge < -0.3 is 30.1 Å². The maximum atomic E-state index is 13.9. The van der Waals surface area contributed by atoms with Crippen molar-refractivity contribution in [2.45, 2.75) is 78.1 Å². The van der Waals surface area contributed by atoms with Crippen LogP contribution in [-0.2, 0) is 23.9 Å². The Hall–Kier alpha value is -2.95. The Bertz CT molecular complexity index is 918. The highest BCUT2D eigenvalue weighted by atomic mass is 32.2. The van der Waals surface area contributed by atoms with Gasteiger partial charge in [-0.25, -0.2) is 4.79 Å². The number of benzene rings is 1. The predicted octanol–water partition coefficient (Wildman–Crippen LogP) is 3.39. The fourth-order valence-corrected chi connectivity index (χ4v) is 4.02. The quantitative estimate of drug-likeness (QED) is 0.325. The average Bonchev–Trinajstić information content (AvgIpc) is 2.78. The molecule has 0 spiro atoms. The maximum Gasteiger partial charge on any atom is 0.408 e. The zero-order valence-electron chi connectivity index (χ0n) is 22.8. The average molecular weight is 540 g/mol. The van der Waals surface area contributed by atoms with Gasteiger partial charge in [-0.2, -0.15) is 11.8 Å². The molecule has 2 unspecified atom stereocenters. The van der Waals surface area contributed by atoms with Crippen molar-refractivity contribution >= 4 is 35.6 Å². The Morgan fingerprint density at radius 3 is 2.38 bits per heavy atom. The molecule has 0 heterocycles. The summed E-state index contributed by atoms with van der Waals surface area (Å²) >= 11 is 1.52. The highest BCUT2D eigenvalue weighted by molar-refractivity contribution is 7.98. The summed E-state index contributed by atoms with van der Waals surface area (Å²) in [5.41, 5.74) is -0.366. The Morgan fingerprint density at radius 1 is 1.16 bits per heavy atom. The number of ether oxygens (including phenoxy) is 2. The number of amides is 3. The summed E-state index contributed by atoms with van der Waals surface area (Å²) in [5.74, 6) is -0.932. The van der Waals surface area contributed by atoms with Crippen LogP contribution in [0.2, 0.25) is 0 Å². The molecular weight excluding hydrogens is 498 g/mol. The summed E-state index contributed by atoms with van der Waals surface area (Å²) in [7, 11) is 0. The highest BCUT2D eigenvalue weighted by Gasteiger charge is 2.37. The maximum absolute atomic E-state index is 13.9. The molecule has 37 heavy (non-hydrogen) atoms. The van der Waals surface area contributed by atoms with Crippen molar-refractivity contribution < 1.29 is 33.8 Å². The molecule has 1 aromatic rings. The molecule has 0 aromatic heterocycles. The Kier molecular flexibility index (Phi) is 13.3. The first-order valence-corrected chi connectivity index (χ1v) is 13.7. The molecule has 10 nitrogen and oxygen atoms in total. The monoisotopic (exact) mass is 539 g/mol. The summed E-state index contributed by atoms with van der Waals surface area (Å²) in [6, 6.07) is 3.57. The van der Waals surface area contributed by atoms with Gasteiger partial charge in [0.2, 0.25) is 11.8 Å². The third-order valence-corrected chi connectivity index (χ3v) is 5.70. The van der Waals surface area contributed by atoms with Crippen molar-refractivity contribution in [3.05, 3.63) is 29.8 Å². The van der Waals surface area contributed by atoms with E-state index in [1.165, 1.54) is 28.8 Å². The zero-order valence-corrected chi connectivity index (χ0v) is 23.6. The van der Waals surface area contributed by atoms with E-state index in [0.717, 1.165) is 0 Å². The molecule has 0 radical (unpaired) electrons. The van der Waals surface area contributed by atoms with Crippen molar-refractivity contribution in [1.29, 1.82) is 0 Å². The van der Waals surface area contributed by atoms with Crippen LogP contribution in [-0.4, -0.2) is 76.7 Å². The molecule has 3 amide bonds. The molecule has 208 valence electrons. The summed E-state index contributed by atoms with van der Waals surface area (Å²) in [6.07, 6.45) is 1.45. The van der Waals surface area contributed by atoms with E-state index in [1.54, 1.807) is 53.7 Å². The molecule has 11 heteroatoms. The van der Waals surface area contributed by atoms with Gasteiger partial charge in [-0.1, -0.05) is 12.1 Å². The molecule has 1 rings (SSSR count). The van der Waals surface area contributed by atoms with Gasteiger partial charge in [-0.3, -0.25) is 14.4 Å². The Morgan fingerprint density at radius 2 is 1.84 bits per heavy atom. The second-order valence-corrected chi connectivity index (χ2v) is 10.6. The van der Waals surface area contributed by atoms with Crippen LogP contribution in [0.25, 0.3) is 0 Å². The molecular formula is C26H41N3O7S. The fourth-order valence-electron chi connectivity index (χ4n) is 3.55. The van der Waals surface area contributed by atoms with Crippen molar-refractivity contribution in [2.75, 3.05) is 25.2 Å². The van der Waals surface area contributed by atoms with Gasteiger partial charge in [-0.05, 0) is 77.7 Å². The second kappa shape index (κ2) is 15.3. The van der Waals surface area contributed by atoms with Crippen LogP contribution in [0.1, 0.15) is 66.0 Å². The molecule has 2 atom stereocenters. The van der Waals surface area contributed by atoms with E-state index in [-0.39, 0.29) is 25.3 Å². The van der Waals surface area contributed by atoms with Gasteiger partial charge in [0.1, 0.15) is 23.4 Å². The lowest BCUT2D eigenvalue weighted by Gasteiger charge is -2.37. The van der Waals surface area contributed by atoms with Crippen LogP contribution in [0.15, 0.2) is 24.3 Å². The lowest BCUT2D eigenvalue weighted by molar-refractivity contribution is -0.145.